The van der Waals surface area contributed by atoms with Crippen molar-refractivity contribution >= 4 is 11.6 Å². The van der Waals surface area contributed by atoms with Gasteiger partial charge in [0, 0.05) is 40.7 Å². The summed E-state index contributed by atoms with van der Waals surface area (Å²) in [5, 5.41) is 28.7. The van der Waals surface area contributed by atoms with Crippen molar-refractivity contribution in [2.45, 2.75) is 64.8 Å². The number of rotatable bonds is 4. The van der Waals surface area contributed by atoms with Gasteiger partial charge in [0.2, 0.25) is 0 Å². The predicted octanol–water partition coefficient (Wildman–Crippen LogP) is 6.27. The SMILES string of the molecule is CC(C)(C)NC=C1C(=O)c2ccccc2OC1c1cc(C2Oc3ccccc3C(=O)C2=CNC(C)(C)C)c(O)cc1O. The summed E-state index contributed by atoms with van der Waals surface area (Å²) < 4.78 is 12.6. The highest BCUT2D eigenvalue weighted by Gasteiger charge is 2.39. The van der Waals surface area contributed by atoms with E-state index >= 15 is 0 Å². The normalized spacial score (nSPS) is 20.4. The van der Waals surface area contributed by atoms with Crippen LogP contribution in [0, 0.1) is 0 Å². The van der Waals surface area contributed by atoms with Crippen molar-refractivity contribution in [1.82, 2.24) is 10.6 Å². The maximum atomic E-state index is 13.7. The van der Waals surface area contributed by atoms with Crippen LogP contribution < -0.4 is 20.1 Å². The molecule has 0 amide bonds. The second kappa shape index (κ2) is 10.6. The van der Waals surface area contributed by atoms with Gasteiger partial charge in [-0.05, 0) is 71.9 Å². The van der Waals surface area contributed by atoms with Crippen LogP contribution in [0.4, 0.5) is 0 Å². The number of nitrogens with one attached hydrogen (secondary N) is 2. The van der Waals surface area contributed by atoms with E-state index in [4.69, 9.17) is 9.47 Å². The molecular formula is C34H36N2O6. The van der Waals surface area contributed by atoms with E-state index in [1.165, 1.54) is 12.1 Å². The lowest BCUT2D eigenvalue weighted by molar-refractivity contribution is 0.0953. The minimum atomic E-state index is -1.01. The lowest BCUT2D eigenvalue weighted by Crippen LogP contribution is -2.34. The first kappa shape index (κ1) is 28.8. The van der Waals surface area contributed by atoms with Crippen molar-refractivity contribution in [3.05, 3.63) is 106 Å². The number of aromatic hydroxyl groups is 2. The number of carbonyl (C=O) groups is 2. The summed E-state index contributed by atoms with van der Waals surface area (Å²) in [6.45, 7) is 11.8. The van der Waals surface area contributed by atoms with Crippen LogP contribution in [-0.2, 0) is 0 Å². The predicted molar refractivity (Wildman–Crippen MR) is 160 cm³/mol. The quantitative estimate of drug-likeness (QED) is 0.272. The number of Topliss-reactive ketones (excluding diaryl/α,β-unsaturated/α-hetero) is 2. The molecule has 2 aliphatic rings. The molecule has 3 aromatic carbocycles. The number of carbonyl (C=O) groups excluding carboxylic acids is 2. The fourth-order valence-electron chi connectivity index (χ4n) is 4.81. The van der Waals surface area contributed by atoms with E-state index in [9.17, 15) is 19.8 Å². The zero-order valence-corrected chi connectivity index (χ0v) is 24.6. The third-order valence-electron chi connectivity index (χ3n) is 6.90. The Bertz CT molecular complexity index is 1510. The van der Waals surface area contributed by atoms with Crippen LogP contribution >= 0.6 is 0 Å². The number of ketones is 2. The highest BCUT2D eigenvalue weighted by molar-refractivity contribution is 6.13. The first-order chi connectivity index (χ1) is 19.7. The summed E-state index contributed by atoms with van der Waals surface area (Å²) in [5.74, 6) is -0.280. The van der Waals surface area contributed by atoms with E-state index in [1.807, 2.05) is 41.5 Å². The summed E-state index contributed by atoms with van der Waals surface area (Å²) >= 11 is 0. The van der Waals surface area contributed by atoms with E-state index in [0.717, 1.165) is 0 Å². The van der Waals surface area contributed by atoms with Crippen LogP contribution in [0.5, 0.6) is 23.0 Å². The molecule has 8 nitrogen and oxygen atoms in total. The molecule has 8 heteroatoms. The molecule has 5 rings (SSSR count). The molecule has 0 saturated carbocycles. The average molecular weight is 569 g/mol. The van der Waals surface area contributed by atoms with Gasteiger partial charge in [-0.25, -0.2) is 0 Å². The Morgan fingerprint density at radius 2 is 1.02 bits per heavy atom. The minimum Gasteiger partial charge on any atom is -0.507 e. The largest absolute Gasteiger partial charge is 0.507 e. The second-order valence-electron chi connectivity index (χ2n) is 12.6. The summed E-state index contributed by atoms with van der Waals surface area (Å²) in [6.07, 6.45) is 1.22. The molecule has 0 fully saturated rings. The maximum absolute atomic E-state index is 13.7. The number of fused-ring (bicyclic) bond motifs is 2. The fraction of sp³-hybridized carbons (Fsp3) is 0.294. The molecule has 4 N–H and O–H groups in total. The maximum Gasteiger partial charge on any atom is 0.198 e. The van der Waals surface area contributed by atoms with E-state index < -0.39 is 12.2 Å². The number of hydrogen-bond donors (Lipinski definition) is 4. The summed E-state index contributed by atoms with van der Waals surface area (Å²) in [7, 11) is 0. The molecule has 0 saturated heterocycles. The van der Waals surface area contributed by atoms with Crippen molar-refractivity contribution in [3.63, 3.8) is 0 Å². The van der Waals surface area contributed by atoms with Crippen molar-refractivity contribution in [3.8, 4) is 23.0 Å². The Kier molecular flexibility index (Phi) is 7.27. The average Bonchev–Trinajstić information content (AvgIpc) is 2.91. The van der Waals surface area contributed by atoms with Crippen molar-refractivity contribution in [1.29, 1.82) is 0 Å². The summed E-state index contributed by atoms with van der Waals surface area (Å²) in [6, 6.07) is 16.6. The number of hydrogen-bond acceptors (Lipinski definition) is 8. The second-order valence-corrected chi connectivity index (χ2v) is 12.6. The zero-order chi connectivity index (χ0) is 30.4. The fourth-order valence-corrected chi connectivity index (χ4v) is 4.81. The van der Waals surface area contributed by atoms with Gasteiger partial charge in [-0.3, -0.25) is 9.59 Å². The number of phenolic OH excluding ortho intramolecular Hbond substituents is 2. The van der Waals surface area contributed by atoms with Crippen molar-refractivity contribution in [2.24, 2.45) is 0 Å². The van der Waals surface area contributed by atoms with Crippen LogP contribution in [0.1, 0.15) is 85.6 Å². The van der Waals surface area contributed by atoms with Gasteiger partial charge < -0.3 is 30.3 Å². The molecule has 0 radical (unpaired) electrons. The third kappa shape index (κ3) is 5.70. The van der Waals surface area contributed by atoms with Gasteiger partial charge in [-0.2, -0.15) is 0 Å². The molecule has 0 spiro atoms. The Morgan fingerprint density at radius 3 is 1.40 bits per heavy atom. The first-order valence-electron chi connectivity index (χ1n) is 13.9. The zero-order valence-electron chi connectivity index (χ0n) is 24.6. The van der Waals surface area contributed by atoms with E-state index in [2.05, 4.69) is 10.6 Å². The van der Waals surface area contributed by atoms with Crippen LogP contribution in [0.3, 0.4) is 0 Å². The highest BCUT2D eigenvalue weighted by Crippen LogP contribution is 2.46. The van der Waals surface area contributed by atoms with Crippen molar-refractivity contribution in [2.75, 3.05) is 0 Å². The molecular weight excluding hydrogens is 532 g/mol. The monoisotopic (exact) mass is 568 g/mol. The van der Waals surface area contributed by atoms with Crippen LogP contribution in [0.15, 0.2) is 84.2 Å². The molecule has 218 valence electrons. The molecule has 2 unspecified atom stereocenters. The van der Waals surface area contributed by atoms with E-state index in [-0.39, 0.29) is 56.4 Å². The lowest BCUT2D eigenvalue weighted by Gasteiger charge is -2.32. The number of phenols is 2. The van der Waals surface area contributed by atoms with Crippen LogP contribution in [0.2, 0.25) is 0 Å². The molecule has 0 bridgehead atoms. The van der Waals surface area contributed by atoms with Gasteiger partial charge in [0.05, 0.1) is 22.3 Å². The van der Waals surface area contributed by atoms with Gasteiger partial charge in [-0.15, -0.1) is 0 Å². The number of para-hydroxylation sites is 2. The van der Waals surface area contributed by atoms with Gasteiger partial charge >= 0.3 is 0 Å². The van der Waals surface area contributed by atoms with Gasteiger partial charge in [0.25, 0.3) is 0 Å². The molecule has 42 heavy (non-hydrogen) atoms. The third-order valence-corrected chi connectivity index (χ3v) is 6.90. The molecule has 2 heterocycles. The molecule has 3 aromatic rings. The Morgan fingerprint density at radius 1 is 0.643 bits per heavy atom. The van der Waals surface area contributed by atoms with Gasteiger partial charge in [0.15, 0.2) is 23.8 Å². The summed E-state index contributed by atoms with van der Waals surface area (Å²) in [5.41, 5.74) is 1.17. The van der Waals surface area contributed by atoms with E-state index in [1.54, 1.807) is 60.9 Å². The molecule has 0 aliphatic carbocycles. The number of ether oxygens (including phenoxy) is 2. The Hall–Kier alpha value is -4.72. The summed E-state index contributed by atoms with van der Waals surface area (Å²) in [4.78, 5) is 27.4. The molecule has 2 aliphatic heterocycles. The number of benzene rings is 3. The van der Waals surface area contributed by atoms with E-state index in [0.29, 0.717) is 22.6 Å². The first-order valence-corrected chi connectivity index (χ1v) is 13.9. The Balaban J connectivity index is 1.66. The molecule has 2 atom stereocenters. The Labute approximate surface area is 245 Å². The highest BCUT2D eigenvalue weighted by atomic mass is 16.5. The smallest absolute Gasteiger partial charge is 0.198 e. The van der Waals surface area contributed by atoms with Crippen LogP contribution in [0.25, 0.3) is 0 Å². The lowest BCUT2D eigenvalue weighted by atomic mass is 9.87. The van der Waals surface area contributed by atoms with Crippen molar-refractivity contribution < 1.29 is 29.3 Å². The molecule has 0 aromatic heterocycles. The van der Waals surface area contributed by atoms with Crippen LogP contribution in [-0.4, -0.2) is 32.9 Å². The van der Waals surface area contributed by atoms with Gasteiger partial charge in [0.1, 0.15) is 23.0 Å². The minimum absolute atomic E-state index is 0.241. The standard InChI is InChI=1S/C34H36N2O6/c1-33(2,3)35-17-23-29(39)19-11-7-9-13-27(19)41-31(23)21-15-22(26(38)16-25(21)37)32-24(18-36-34(4,5)6)30(40)20-12-8-10-14-28(20)42-32/h7-18,31-32,35-38H,1-6H3. The topological polar surface area (TPSA) is 117 Å². The van der Waals surface area contributed by atoms with Gasteiger partial charge in [-0.1, -0.05) is 24.3 Å².